The van der Waals surface area contributed by atoms with E-state index in [1.807, 2.05) is 24.3 Å². The zero-order valence-electron chi connectivity index (χ0n) is 15.8. The minimum Gasteiger partial charge on any atom is -0.476 e. The standard InChI is InChI=1S/C21H24N2O3/c1-20(2,3)14-8-6-13(7-9-14)18(24)22-15-10-11-17-16(12-15)23-19(25)21(4,5)26-17/h6-12H,1-5H3,(H,22,24)(H,23,25). The molecule has 0 radical (unpaired) electrons. The molecule has 0 aromatic heterocycles. The fourth-order valence-electron chi connectivity index (χ4n) is 2.71. The lowest BCUT2D eigenvalue weighted by atomic mass is 9.87. The van der Waals surface area contributed by atoms with Crippen molar-refractivity contribution >= 4 is 23.2 Å². The Morgan fingerprint density at radius 1 is 1.08 bits per heavy atom. The first-order valence-corrected chi connectivity index (χ1v) is 8.63. The SMILES string of the molecule is CC1(C)Oc2ccc(NC(=O)c3ccc(C(C)(C)C)cc3)cc2NC1=O. The highest BCUT2D eigenvalue weighted by Gasteiger charge is 2.35. The van der Waals surface area contributed by atoms with Crippen LogP contribution >= 0.6 is 0 Å². The molecule has 1 aliphatic heterocycles. The molecule has 5 nitrogen and oxygen atoms in total. The number of hydrogen-bond acceptors (Lipinski definition) is 3. The molecule has 0 spiro atoms. The van der Waals surface area contributed by atoms with Gasteiger partial charge >= 0.3 is 0 Å². The van der Waals surface area contributed by atoms with Crippen LogP contribution in [0.25, 0.3) is 0 Å². The number of benzene rings is 2. The fraction of sp³-hybridized carbons (Fsp3) is 0.333. The molecular formula is C21H24N2O3. The third kappa shape index (κ3) is 3.57. The molecule has 2 amide bonds. The summed E-state index contributed by atoms with van der Waals surface area (Å²) in [5, 5.41) is 5.67. The molecule has 1 aliphatic rings. The Morgan fingerprint density at radius 2 is 1.73 bits per heavy atom. The molecule has 5 heteroatoms. The van der Waals surface area contributed by atoms with Gasteiger partial charge in [0.05, 0.1) is 5.69 Å². The smallest absolute Gasteiger partial charge is 0.268 e. The number of nitrogens with one attached hydrogen (secondary N) is 2. The zero-order chi connectivity index (χ0) is 19.1. The van der Waals surface area contributed by atoms with Crippen LogP contribution in [0.1, 0.15) is 50.5 Å². The van der Waals surface area contributed by atoms with E-state index in [9.17, 15) is 9.59 Å². The fourth-order valence-corrected chi connectivity index (χ4v) is 2.71. The summed E-state index contributed by atoms with van der Waals surface area (Å²) in [7, 11) is 0. The average molecular weight is 352 g/mol. The van der Waals surface area contributed by atoms with E-state index in [-0.39, 0.29) is 17.2 Å². The van der Waals surface area contributed by atoms with Crippen molar-refractivity contribution in [2.24, 2.45) is 0 Å². The maximum absolute atomic E-state index is 12.5. The first-order valence-electron chi connectivity index (χ1n) is 8.63. The molecule has 0 saturated carbocycles. The number of carbonyl (C=O) groups excluding carboxylic acids is 2. The van der Waals surface area contributed by atoms with Crippen LogP contribution in [0.5, 0.6) is 5.75 Å². The van der Waals surface area contributed by atoms with E-state index in [0.717, 1.165) is 0 Å². The summed E-state index contributed by atoms with van der Waals surface area (Å²) in [6.45, 7) is 9.82. The van der Waals surface area contributed by atoms with E-state index in [2.05, 4.69) is 31.4 Å². The quantitative estimate of drug-likeness (QED) is 0.844. The molecule has 0 aliphatic carbocycles. The highest BCUT2D eigenvalue weighted by molar-refractivity contribution is 6.05. The molecule has 0 unspecified atom stereocenters. The average Bonchev–Trinajstić information content (AvgIpc) is 2.55. The number of rotatable bonds is 2. The molecule has 0 bridgehead atoms. The largest absolute Gasteiger partial charge is 0.476 e. The van der Waals surface area contributed by atoms with E-state index < -0.39 is 5.60 Å². The monoisotopic (exact) mass is 352 g/mol. The van der Waals surface area contributed by atoms with Gasteiger partial charge in [-0.15, -0.1) is 0 Å². The Kier molecular flexibility index (Phi) is 4.26. The summed E-state index contributed by atoms with van der Waals surface area (Å²) >= 11 is 0. The molecule has 26 heavy (non-hydrogen) atoms. The van der Waals surface area contributed by atoms with Crippen LogP contribution in [-0.2, 0) is 10.2 Å². The number of carbonyl (C=O) groups is 2. The summed E-state index contributed by atoms with van der Waals surface area (Å²) in [5.41, 5.74) is 2.03. The minimum absolute atomic E-state index is 0.0412. The van der Waals surface area contributed by atoms with Crippen molar-refractivity contribution in [3.63, 3.8) is 0 Å². The molecule has 1 heterocycles. The van der Waals surface area contributed by atoms with Gasteiger partial charge in [-0.2, -0.15) is 0 Å². The lowest BCUT2D eigenvalue weighted by Crippen LogP contribution is -2.45. The van der Waals surface area contributed by atoms with E-state index in [1.165, 1.54) is 5.56 Å². The van der Waals surface area contributed by atoms with E-state index in [0.29, 0.717) is 22.7 Å². The Bertz CT molecular complexity index is 862. The zero-order valence-corrected chi connectivity index (χ0v) is 15.8. The predicted octanol–water partition coefficient (Wildman–Crippen LogP) is 4.35. The maximum atomic E-state index is 12.5. The minimum atomic E-state index is -0.910. The molecule has 0 atom stereocenters. The second-order valence-corrected chi connectivity index (χ2v) is 8.06. The third-order valence-corrected chi connectivity index (χ3v) is 4.41. The summed E-state index contributed by atoms with van der Waals surface area (Å²) in [4.78, 5) is 24.5. The van der Waals surface area contributed by atoms with Crippen molar-refractivity contribution in [3.05, 3.63) is 53.6 Å². The van der Waals surface area contributed by atoms with Crippen LogP contribution in [0.3, 0.4) is 0 Å². The van der Waals surface area contributed by atoms with Crippen LogP contribution in [0, 0.1) is 0 Å². The summed E-state index contributed by atoms with van der Waals surface area (Å²) in [5.74, 6) is 0.169. The van der Waals surface area contributed by atoms with Crippen molar-refractivity contribution in [1.82, 2.24) is 0 Å². The molecule has 3 rings (SSSR count). The van der Waals surface area contributed by atoms with Gasteiger partial charge in [-0.05, 0) is 55.2 Å². The Morgan fingerprint density at radius 3 is 2.35 bits per heavy atom. The van der Waals surface area contributed by atoms with Gasteiger partial charge in [0.15, 0.2) is 5.60 Å². The van der Waals surface area contributed by atoms with Crippen LogP contribution in [0.4, 0.5) is 11.4 Å². The Balaban J connectivity index is 1.76. The van der Waals surface area contributed by atoms with Crippen molar-refractivity contribution < 1.29 is 14.3 Å². The molecule has 2 aromatic rings. The van der Waals surface area contributed by atoms with Crippen molar-refractivity contribution in [2.45, 2.75) is 45.6 Å². The van der Waals surface area contributed by atoms with Crippen molar-refractivity contribution in [3.8, 4) is 5.75 Å². The lowest BCUT2D eigenvalue weighted by molar-refractivity contribution is -0.129. The number of amides is 2. The Labute approximate surface area is 153 Å². The van der Waals surface area contributed by atoms with Crippen LogP contribution < -0.4 is 15.4 Å². The topological polar surface area (TPSA) is 67.4 Å². The van der Waals surface area contributed by atoms with Gasteiger partial charge in [0.25, 0.3) is 11.8 Å². The lowest BCUT2D eigenvalue weighted by Gasteiger charge is -2.31. The highest BCUT2D eigenvalue weighted by Crippen LogP contribution is 2.35. The van der Waals surface area contributed by atoms with Gasteiger partial charge in [-0.1, -0.05) is 32.9 Å². The van der Waals surface area contributed by atoms with Gasteiger partial charge in [0.2, 0.25) is 0 Å². The predicted molar refractivity (Wildman–Crippen MR) is 103 cm³/mol. The molecule has 136 valence electrons. The van der Waals surface area contributed by atoms with E-state index in [4.69, 9.17) is 4.74 Å². The van der Waals surface area contributed by atoms with Gasteiger partial charge in [0.1, 0.15) is 5.75 Å². The molecular weight excluding hydrogens is 328 g/mol. The maximum Gasteiger partial charge on any atom is 0.268 e. The summed E-state index contributed by atoms with van der Waals surface area (Å²) in [6.07, 6.45) is 0. The van der Waals surface area contributed by atoms with E-state index in [1.54, 1.807) is 32.0 Å². The number of ether oxygens (including phenoxy) is 1. The van der Waals surface area contributed by atoms with Crippen molar-refractivity contribution in [2.75, 3.05) is 10.6 Å². The van der Waals surface area contributed by atoms with Gasteiger partial charge < -0.3 is 15.4 Å². The number of hydrogen-bond donors (Lipinski definition) is 2. The number of fused-ring (bicyclic) bond motifs is 1. The molecule has 0 saturated heterocycles. The summed E-state index contributed by atoms with van der Waals surface area (Å²) in [6, 6.07) is 12.8. The van der Waals surface area contributed by atoms with E-state index >= 15 is 0 Å². The van der Waals surface area contributed by atoms with Crippen LogP contribution in [0.15, 0.2) is 42.5 Å². The molecule has 0 fully saturated rings. The van der Waals surface area contributed by atoms with Crippen LogP contribution in [0.2, 0.25) is 0 Å². The second-order valence-electron chi connectivity index (χ2n) is 8.06. The molecule has 2 N–H and O–H groups in total. The first-order chi connectivity index (χ1) is 12.1. The Hall–Kier alpha value is -2.82. The van der Waals surface area contributed by atoms with Gasteiger partial charge in [0, 0.05) is 11.3 Å². The highest BCUT2D eigenvalue weighted by atomic mass is 16.5. The van der Waals surface area contributed by atoms with Gasteiger partial charge in [-0.25, -0.2) is 0 Å². The first kappa shape index (κ1) is 18.0. The summed E-state index contributed by atoms with van der Waals surface area (Å²) < 4.78 is 5.70. The second kappa shape index (κ2) is 6.16. The molecule has 2 aromatic carbocycles. The van der Waals surface area contributed by atoms with Crippen molar-refractivity contribution in [1.29, 1.82) is 0 Å². The van der Waals surface area contributed by atoms with Crippen LogP contribution in [-0.4, -0.2) is 17.4 Å². The number of anilines is 2. The normalized spacial score (nSPS) is 15.5. The van der Waals surface area contributed by atoms with Gasteiger partial charge in [-0.3, -0.25) is 9.59 Å². The third-order valence-electron chi connectivity index (χ3n) is 4.41.